The molecule has 0 aliphatic heterocycles. The van der Waals surface area contributed by atoms with Gasteiger partial charge in [-0.15, -0.1) is 0 Å². The SMILES string of the molecule is CCN(CC)c1cccc(-c2cc(C(=O)O)[nH]n2)c1. The number of H-pyrrole nitrogens is 1. The van der Waals surface area contributed by atoms with E-state index in [4.69, 9.17) is 5.11 Å². The van der Waals surface area contributed by atoms with Crippen molar-refractivity contribution in [3.05, 3.63) is 36.0 Å². The summed E-state index contributed by atoms with van der Waals surface area (Å²) < 4.78 is 0. The summed E-state index contributed by atoms with van der Waals surface area (Å²) in [6.07, 6.45) is 0. The van der Waals surface area contributed by atoms with Crippen LogP contribution in [0.15, 0.2) is 30.3 Å². The van der Waals surface area contributed by atoms with Crippen LogP contribution in [0.2, 0.25) is 0 Å². The van der Waals surface area contributed by atoms with E-state index in [0.29, 0.717) is 5.69 Å². The van der Waals surface area contributed by atoms with E-state index >= 15 is 0 Å². The molecule has 0 amide bonds. The van der Waals surface area contributed by atoms with Crippen LogP contribution in [0.5, 0.6) is 0 Å². The molecule has 19 heavy (non-hydrogen) atoms. The second kappa shape index (κ2) is 5.56. The van der Waals surface area contributed by atoms with E-state index in [1.54, 1.807) is 6.07 Å². The molecule has 2 N–H and O–H groups in total. The molecule has 1 aromatic heterocycles. The Labute approximate surface area is 111 Å². The standard InChI is InChI=1S/C14H17N3O2/c1-3-17(4-2)11-7-5-6-10(8-11)12-9-13(14(18)19)16-15-12/h5-9H,3-4H2,1-2H3,(H,15,16)(H,18,19). The van der Waals surface area contributed by atoms with Gasteiger partial charge in [0.05, 0.1) is 5.69 Å². The fourth-order valence-corrected chi connectivity index (χ4v) is 2.03. The van der Waals surface area contributed by atoms with Crippen LogP contribution in [0, 0.1) is 0 Å². The molecule has 0 spiro atoms. The lowest BCUT2D eigenvalue weighted by atomic mass is 10.1. The van der Waals surface area contributed by atoms with Gasteiger partial charge in [-0.2, -0.15) is 5.10 Å². The number of carboxylic acids is 1. The molecule has 0 radical (unpaired) electrons. The summed E-state index contributed by atoms with van der Waals surface area (Å²) >= 11 is 0. The Bertz CT molecular complexity index is 574. The number of nitrogens with zero attached hydrogens (tertiary/aromatic N) is 2. The van der Waals surface area contributed by atoms with Crippen molar-refractivity contribution in [1.82, 2.24) is 10.2 Å². The maximum Gasteiger partial charge on any atom is 0.353 e. The molecule has 1 heterocycles. The van der Waals surface area contributed by atoms with Crippen LogP contribution in [0.3, 0.4) is 0 Å². The van der Waals surface area contributed by atoms with Gasteiger partial charge in [0.1, 0.15) is 5.69 Å². The number of aromatic amines is 1. The zero-order chi connectivity index (χ0) is 13.8. The number of carboxylic acid groups (broad SMARTS) is 1. The Hall–Kier alpha value is -2.30. The smallest absolute Gasteiger partial charge is 0.353 e. The monoisotopic (exact) mass is 259 g/mol. The van der Waals surface area contributed by atoms with Crippen LogP contribution in [-0.4, -0.2) is 34.4 Å². The lowest BCUT2D eigenvalue weighted by molar-refractivity contribution is 0.0690. The topological polar surface area (TPSA) is 69.2 Å². The van der Waals surface area contributed by atoms with Gasteiger partial charge in [0.25, 0.3) is 0 Å². The first-order valence-electron chi connectivity index (χ1n) is 6.29. The van der Waals surface area contributed by atoms with E-state index in [2.05, 4.69) is 28.9 Å². The van der Waals surface area contributed by atoms with Crippen molar-refractivity contribution in [2.45, 2.75) is 13.8 Å². The summed E-state index contributed by atoms with van der Waals surface area (Å²) in [4.78, 5) is 13.1. The third kappa shape index (κ3) is 2.76. The van der Waals surface area contributed by atoms with E-state index in [0.717, 1.165) is 24.3 Å². The number of carbonyl (C=O) groups is 1. The minimum atomic E-state index is -1.00. The van der Waals surface area contributed by atoms with Crippen molar-refractivity contribution in [3.8, 4) is 11.3 Å². The fourth-order valence-electron chi connectivity index (χ4n) is 2.03. The van der Waals surface area contributed by atoms with E-state index in [1.807, 2.05) is 24.3 Å². The quantitative estimate of drug-likeness (QED) is 0.866. The van der Waals surface area contributed by atoms with Gasteiger partial charge in [0.15, 0.2) is 0 Å². The molecule has 5 nitrogen and oxygen atoms in total. The van der Waals surface area contributed by atoms with Crippen molar-refractivity contribution < 1.29 is 9.90 Å². The molecule has 2 rings (SSSR count). The van der Waals surface area contributed by atoms with Gasteiger partial charge in [0, 0.05) is 24.3 Å². The zero-order valence-electron chi connectivity index (χ0n) is 11.1. The van der Waals surface area contributed by atoms with Gasteiger partial charge < -0.3 is 10.0 Å². The minimum Gasteiger partial charge on any atom is -0.477 e. The van der Waals surface area contributed by atoms with Crippen LogP contribution in [0.4, 0.5) is 5.69 Å². The second-order valence-corrected chi connectivity index (χ2v) is 4.19. The molecule has 0 fully saturated rings. The van der Waals surface area contributed by atoms with Crippen molar-refractivity contribution >= 4 is 11.7 Å². The summed E-state index contributed by atoms with van der Waals surface area (Å²) in [6, 6.07) is 9.49. The molecular weight excluding hydrogens is 242 g/mol. The van der Waals surface area contributed by atoms with Crippen LogP contribution >= 0.6 is 0 Å². The van der Waals surface area contributed by atoms with Gasteiger partial charge in [-0.05, 0) is 32.0 Å². The Morgan fingerprint density at radius 2 is 2.05 bits per heavy atom. The number of benzene rings is 1. The van der Waals surface area contributed by atoms with Crippen molar-refractivity contribution in [2.24, 2.45) is 0 Å². The second-order valence-electron chi connectivity index (χ2n) is 4.19. The third-order valence-electron chi connectivity index (χ3n) is 3.08. The average molecular weight is 259 g/mol. The highest BCUT2D eigenvalue weighted by atomic mass is 16.4. The first kappa shape index (κ1) is 13.1. The van der Waals surface area contributed by atoms with Gasteiger partial charge in [-0.1, -0.05) is 12.1 Å². The summed E-state index contributed by atoms with van der Waals surface area (Å²) in [7, 11) is 0. The largest absolute Gasteiger partial charge is 0.477 e. The third-order valence-corrected chi connectivity index (χ3v) is 3.08. The molecular formula is C14H17N3O2. The van der Waals surface area contributed by atoms with Crippen molar-refractivity contribution in [2.75, 3.05) is 18.0 Å². The molecule has 0 unspecified atom stereocenters. The Morgan fingerprint density at radius 3 is 2.63 bits per heavy atom. The molecule has 1 aromatic carbocycles. The van der Waals surface area contributed by atoms with Crippen LogP contribution < -0.4 is 4.90 Å². The number of aromatic carboxylic acids is 1. The highest BCUT2D eigenvalue weighted by molar-refractivity contribution is 5.87. The van der Waals surface area contributed by atoms with Crippen molar-refractivity contribution in [3.63, 3.8) is 0 Å². The van der Waals surface area contributed by atoms with Crippen LogP contribution in [-0.2, 0) is 0 Å². The lowest BCUT2D eigenvalue weighted by Crippen LogP contribution is -2.21. The Balaban J connectivity index is 2.34. The molecule has 0 saturated carbocycles. The normalized spacial score (nSPS) is 10.4. The number of rotatable bonds is 5. The first-order chi connectivity index (χ1) is 9.15. The zero-order valence-corrected chi connectivity index (χ0v) is 11.1. The molecule has 5 heteroatoms. The molecule has 2 aromatic rings. The average Bonchev–Trinajstić information content (AvgIpc) is 2.90. The summed E-state index contributed by atoms with van der Waals surface area (Å²) in [5.74, 6) is -1.00. The van der Waals surface area contributed by atoms with E-state index in [1.165, 1.54) is 0 Å². The van der Waals surface area contributed by atoms with E-state index in [9.17, 15) is 4.79 Å². The van der Waals surface area contributed by atoms with Gasteiger partial charge in [-0.25, -0.2) is 4.79 Å². The van der Waals surface area contributed by atoms with Gasteiger partial charge in [-0.3, -0.25) is 5.10 Å². The number of aromatic nitrogens is 2. The van der Waals surface area contributed by atoms with Crippen LogP contribution in [0.25, 0.3) is 11.3 Å². The summed E-state index contributed by atoms with van der Waals surface area (Å²) in [6.45, 7) is 6.07. The molecule has 0 aliphatic rings. The number of hydrogen-bond acceptors (Lipinski definition) is 3. The Morgan fingerprint density at radius 1 is 1.32 bits per heavy atom. The highest BCUT2D eigenvalue weighted by Crippen LogP contribution is 2.23. The van der Waals surface area contributed by atoms with Gasteiger partial charge in [0.2, 0.25) is 0 Å². The number of hydrogen-bond donors (Lipinski definition) is 2. The summed E-state index contributed by atoms with van der Waals surface area (Å²) in [5, 5.41) is 15.4. The maximum absolute atomic E-state index is 10.8. The predicted molar refractivity (Wildman–Crippen MR) is 74.5 cm³/mol. The lowest BCUT2D eigenvalue weighted by Gasteiger charge is -2.21. The van der Waals surface area contributed by atoms with Crippen LogP contribution in [0.1, 0.15) is 24.3 Å². The number of anilines is 1. The maximum atomic E-state index is 10.8. The summed E-state index contributed by atoms with van der Waals surface area (Å²) in [5.41, 5.74) is 2.77. The number of nitrogens with one attached hydrogen (secondary N) is 1. The first-order valence-corrected chi connectivity index (χ1v) is 6.29. The predicted octanol–water partition coefficient (Wildman–Crippen LogP) is 2.62. The Kier molecular flexibility index (Phi) is 3.85. The fraction of sp³-hybridized carbons (Fsp3) is 0.286. The molecule has 0 aliphatic carbocycles. The van der Waals surface area contributed by atoms with Gasteiger partial charge >= 0.3 is 5.97 Å². The highest BCUT2D eigenvalue weighted by Gasteiger charge is 2.10. The minimum absolute atomic E-state index is 0.100. The van der Waals surface area contributed by atoms with E-state index < -0.39 is 5.97 Å². The van der Waals surface area contributed by atoms with Crippen molar-refractivity contribution in [1.29, 1.82) is 0 Å². The molecule has 0 bridgehead atoms. The molecule has 0 saturated heterocycles. The molecule has 0 atom stereocenters. The van der Waals surface area contributed by atoms with E-state index in [-0.39, 0.29) is 5.69 Å². The molecule has 100 valence electrons.